The monoisotopic (exact) mass is 498 g/mol. The molecule has 0 saturated heterocycles. The maximum absolute atomic E-state index is 12.8. The molecular formula is C24H27ClN6O4. The zero-order valence-corrected chi connectivity index (χ0v) is 20.0. The molecule has 184 valence electrons. The summed E-state index contributed by atoms with van der Waals surface area (Å²) in [6, 6.07) is 6.36. The van der Waals surface area contributed by atoms with Crippen LogP contribution in [0.4, 0.5) is 5.69 Å². The molecule has 10 nitrogen and oxygen atoms in total. The normalized spacial score (nSPS) is 17.3. The van der Waals surface area contributed by atoms with Crippen molar-refractivity contribution in [3.8, 4) is 6.01 Å². The van der Waals surface area contributed by atoms with Crippen LogP contribution in [0.5, 0.6) is 6.01 Å². The molecule has 11 heteroatoms. The minimum absolute atomic E-state index is 0.0926. The van der Waals surface area contributed by atoms with E-state index < -0.39 is 11.5 Å². The van der Waals surface area contributed by atoms with Crippen LogP contribution in [0.2, 0.25) is 5.02 Å². The zero-order chi connectivity index (χ0) is 24.9. The van der Waals surface area contributed by atoms with E-state index in [0.29, 0.717) is 29.5 Å². The second kappa shape index (κ2) is 10.8. The first-order valence-electron chi connectivity index (χ1n) is 11.4. The number of nitrogens with one attached hydrogen (secondary N) is 3. The number of nitrogens with zero attached hydrogens (tertiary/aromatic N) is 2. The first-order chi connectivity index (χ1) is 16.8. The molecule has 0 radical (unpaired) electrons. The predicted molar refractivity (Wildman–Crippen MR) is 133 cm³/mol. The highest BCUT2D eigenvalue weighted by Gasteiger charge is 2.21. The highest BCUT2D eigenvalue weighted by Crippen LogP contribution is 2.28. The predicted octanol–water partition coefficient (Wildman–Crippen LogP) is 2.87. The zero-order valence-electron chi connectivity index (χ0n) is 19.3. The number of hydrogen-bond acceptors (Lipinski definition) is 7. The number of anilines is 1. The molecule has 5 N–H and O–H groups in total. The molecule has 0 bridgehead atoms. The van der Waals surface area contributed by atoms with Crippen LogP contribution < -0.4 is 26.7 Å². The van der Waals surface area contributed by atoms with E-state index in [4.69, 9.17) is 22.1 Å². The molecule has 2 heterocycles. The second-order valence-corrected chi connectivity index (χ2v) is 9.07. The van der Waals surface area contributed by atoms with Gasteiger partial charge in [-0.05, 0) is 62.3 Å². The molecule has 1 aliphatic rings. The van der Waals surface area contributed by atoms with Crippen molar-refractivity contribution in [2.75, 3.05) is 19.0 Å². The van der Waals surface area contributed by atoms with Gasteiger partial charge in [-0.2, -0.15) is 4.98 Å². The lowest BCUT2D eigenvalue weighted by Gasteiger charge is -2.12. The number of nitrogens with two attached hydrogens (primary N) is 1. The van der Waals surface area contributed by atoms with E-state index in [1.807, 2.05) is 0 Å². The number of pyridine rings is 1. The van der Waals surface area contributed by atoms with Crippen LogP contribution in [-0.2, 0) is 0 Å². The molecule has 2 amide bonds. The van der Waals surface area contributed by atoms with E-state index in [9.17, 15) is 14.4 Å². The number of benzene rings is 1. The van der Waals surface area contributed by atoms with E-state index in [-0.39, 0.29) is 33.8 Å². The smallest absolute Gasteiger partial charge is 0.318 e. The topological polar surface area (TPSA) is 152 Å². The number of halogens is 1. The fraction of sp³-hybridized carbons (Fsp3) is 0.375. The Morgan fingerprint density at radius 3 is 2.83 bits per heavy atom. The van der Waals surface area contributed by atoms with Gasteiger partial charge in [0, 0.05) is 29.7 Å². The Kier molecular flexibility index (Phi) is 7.62. The van der Waals surface area contributed by atoms with Crippen molar-refractivity contribution in [1.82, 2.24) is 20.3 Å². The van der Waals surface area contributed by atoms with Gasteiger partial charge in [0.2, 0.25) is 0 Å². The molecule has 0 spiro atoms. The molecule has 2 aromatic heterocycles. The summed E-state index contributed by atoms with van der Waals surface area (Å²) in [6.07, 6.45) is 6.62. The van der Waals surface area contributed by atoms with Crippen LogP contribution in [0.1, 0.15) is 52.8 Å². The van der Waals surface area contributed by atoms with Gasteiger partial charge < -0.3 is 26.1 Å². The minimum atomic E-state index is -0.682. The average molecular weight is 499 g/mol. The van der Waals surface area contributed by atoms with E-state index in [0.717, 1.165) is 32.1 Å². The van der Waals surface area contributed by atoms with Crippen LogP contribution in [0.15, 0.2) is 35.3 Å². The van der Waals surface area contributed by atoms with Gasteiger partial charge in [-0.3, -0.25) is 14.4 Å². The van der Waals surface area contributed by atoms with E-state index >= 15 is 0 Å². The summed E-state index contributed by atoms with van der Waals surface area (Å²) in [5.74, 6) is -0.320. The van der Waals surface area contributed by atoms with Crippen LogP contribution in [0.25, 0.3) is 11.0 Å². The summed E-state index contributed by atoms with van der Waals surface area (Å²) < 4.78 is 4.94. The van der Waals surface area contributed by atoms with Gasteiger partial charge in [-0.25, -0.2) is 4.98 Å². The van der Waals surface area contributed by atoms with Crippen molar-refractivity contribution in [3.63, 3.8) is 0 Å². The van der Waals surface area contributed by atoms with E-state index in [2.05, 4.69) is 25.6 Å². The van der Waals surface area contributed by atoms with Crippen molar-refractivity contribution < 1.29 is 14.3 Å². The number of carbonyl (C=O) groups is 2. The van der Waals surface area contributed by atoms with Crippen molar-refractivity contribution in [1.29, 1.82) is 0 Å². The molecule has 2 atom stereocenters. The number of H-pyrrole nitrogens is 1. The maximum atomic E-state index is 12.8. The maximum Gasteiger partial charge on any atom is 0.318 e. The Hall–Kier alpha value is -3.50. The number of aromatic nitrogens is 3. The lowest BCUT2D eigenvalue weighted by molar-refractivity contribution is 0.0951. The summed E-state index contributed by atoms with van der Waals surface area (Å²) in [5.41, 5.74) is 5.98. The summed E-state index contributed by atoms with van der Waals surface area (Å²) in [7, 11) is 1.41. The van der Waals surface area contributed by atoms with Crippen molar-refractivity contribution in [2.45, 2.75) is 38.1 Å². The Bertz CT molecular complexity index is 1310. The summed E-state index contributed by atoms with van der Waals surface area (Å²) in [6.45, 7) is 0.550. The third kappa shape index (κ3) is 5.95. The Morgan fingerprint density at radius 1 is 1.26 bits per heavy atom. The fourth-order valence-corrected chi connectivity index (χ4v) is 4.43. The first kappa shape index (κ1) is 24.6. The van der Waals surface area contributed by atoms with Gasteiger partial charge in [0.1, 0.15) is 11.2 Å². The van der Waals surface area contributed by atoms with Crippen LogP contribution in [0.3, 0.4) is 0 Å². The molecule has 3 aromatic rings. The summed E-state index contributed by atoms with van der Waals surface area (Å²) in [4.78, 5) is 48.5. The number of carbonyl (C=O) groups excluding carboxylic acids is 2. The minimum Gasteiger partial charge on any atom is -0.467 e. The highest BCUT2D eigenvalue weighted by atomic mass is 35.5. The number of aromatic amines is 1. The average Bonchev–Trinajstić information content (AvgIpc) is 3.27. The summed E-state index contributed by atoms with van der Waals surface area (Å²) in [5, 5.41) is 6.20. The fourth-order valence-electron chi connectivity index (χ4n) is 4.27. The Balaban J connectivity index is 1.41. The second-order valence-electron chi connectivity index (χ2n) is 8.66. The lowest BCUT2D eigenvalue weighted by Crippen LogP contribution is -2.26. The van der Waals surface area contributed by atoms with Gasteiger partial charge in [0.05, 0.1) is 17.8 Å². The van der Waals surface area contributed by atoms with Gasteiger partial charge in [-0.15, -0.1) is 0 Å². The molecule has 4 rings (SSSR count). The van der Waals surface area contributed by atoms with E-state index in [1.54, 1.807) is 6.07 Å². The number of methoxy groups -OCH3 is 1. The first-order valence-corrected chi connectivity index (χ1v) is 11.8. The van der Waals surface area contributed by atoms with Crippen LogP contribution >= 0.6 is 11.6 Å². The molecule has 35 heavy (non-hydrogen) atoms. The van der Waals surface area contributed by atoms with Gasteiger partial charge in [-0.1, -0.05) is 11.6 Å². The SMILES string of the molecule is COc1ncc2cc(C(=O)Nc3cc(C(=O)NCCCC4CCC(N)C4)ccc3Cl)c(=O)[nH]c2n1. The van der Waals surface area contributed by atoms with Crippen LogP contribution in [-0.4, -0.2) is 46.5 Å². The van der Waals surface area contributed by atoms with Crippen molar-refractivity contribution >= 4 is 40.1 Å². The Morgan fingerprint density at radius 2 is 2.09 bits per heavy atom. The number of fused-ring (bicyclic) bond motifs is 1. The molecular weight excluding hydrogens is 472 g/mol. The van der Waals surface area contributed by atoms with Gasteiger partial charge in [0.25, 0.3) is 17.4 Å². The molecule has 1 saturated carbocycles. The molecule has 0 aliphatic heterocycles. The standard InChI is InChI=1S/C24H27ClN6O4/c1-35-24-28-12-15-10-17(23(34)30-20(15)31-24)22(33)29-19-11-14(5-7-18(19)25)21(32)27-8-2-3-13-4-6-16(26)9-13/h5,7,10-13,16H,2-4,6,8-9,26H2,1H3,(H,27,32)(H,29,33)(H,28,30,31,34). The number of rotatable bonds is 8. The van der Waals surface area contributed by atoms with Gasteiger partial charge in [0.15, 0.2) is 0 Å². The number of amides is 2. The third-order valence-electron chi connectivity index (χ3n) is 6.13. The number of ether oxygens (including phenoxy) is 1. The largest absolute Gasteiger partial charge is 0.467 e. The Labute approximate surface area is 206 Å². The third-order valence-corrected chi connectivity index (χ3v) is 6.46. The lowest BCUT2D eigenvalue weighted by atomic mass is 10.0. The van der Waals surface area contributed by atoms with Crippen LogP contribution in [0, 0.1) is 5.92 Å². The molecule has 1 aliphatic carbocycles. The van der Waals surface area contributed by atoms with E-state index in [1.165, 1.54) is 31.5 Å². The number of hydrogen-bond donors (Lipinski definition) is 4. The summed E-state index contributed by atoms with van der Waals surface area (Å²) >= 11 is 6.24. The van der Waals surface area contributed by atoms with Crippen molar-refractivity contribution in [3.05, 3.63) is 57.0 Å². The molecule has 1 aromatic carbocycles. The van der Waals surface area contributed by atoms with Gasteiger partial charge >= 0.3 is 6.01 Å². The molecule has 2 unspecified atom stereocenters. The highest BCUT2D eigenvalue weighted by molar-refractivity contribution is 6.34. The van der Waals surface area contributed by atoms with Crippen molar-refractivity contribution in [2.24, 2.45) is 11.7 Å². The quantitative estimate of drug-likeness (QED) is 0.348. The molecule has 1 fully saturated rings.